The summed E-state index contributed by atoms with van der Waals surface area (Å²) in [6.45, 7) is 13.8. The number of pyridine rings is 1. The summed E-state index contributed by atoms with van der Waals surface area (Å²) in [5, 5.41) is 13.1. The van der Waals surface area contributed by atoms with Crippen molar-refractivity contribution in [1.82, 2.24) is 24.1 Å². The minimum absolute atomic E-state index is 0.127. The number of hydrogen-bond acceptors (Lipinski definition) is 9. The Labute approximate surface area is 304 Å². The predicted molar refractivity (Wildman–Crippen MR) is 201 cm³/mol. The first-order valence-electron chi connectivity index (χ1n) is 18.0. The minimum Gasteiger partial charge on any atom is -0.478 e. The van der Waals surface area contributed by atoms with Crippen LogP contribution in [0.1, 0.15) is 59.8 Å². The standard InChI is InChI=1S/C38H48N6O5S2/c1-37(2)8-6-28(32(17-37)34-14-26(21-50-34)19-42-22-38(23-42)24-44(25-38)51(3,47)48)20-41-10-12-43(13-11-41)29-4-5-31(36(45)46)33(16-29)49-30-15-27-7-9-39-35(27)40-18-30/h4-5,7,9,14-16,18,21,28,32H,6,8,10-13,17,19-20,22-25H2,1-3H3,(H,39,40)(H,45,46). The SMILES string of the molecule is CC1(C)CCC(CN2CCN(c3ccc(C(=O)O)c(Oc4cnc5[nH]ccc5c4)c3)CC2)C(c2cc(CN3CC4(C3)CN(S(C)(=O)=O)C4)cs2)C1. The second-order valence-electron chi connectivity index (χ2n) is 16.3. The molecule has 272 valence electrons. The maximum absolute atomic E-state index is 12.1. The van der Waals surface area contributed by atoms with Crippen LogP contribution in [-0.4, -0.2) is 109 Å². The van der Waals surface area contributed by atoms with Crippen LogP contribution in [0.5, 0.6) is 11.5 Å². The Bertz CT molecular complexity index is 2020. The van der Waals surface area contributed by atoms with Crippen molar-refractivity contribution in [3.05, 3.63) is 70.2 Å². The molecule has 4 aromatic rings. The van der Waals surface area contributed by atoms with Gasteiger partial charge in [-0.05, 0) is 77.8 Å². The summed E-state index contributed by atoms with van der Waals surface area (Å²) >= 11 is 1.93. The van der Waals surface area contributed by atoms with E-state index in [4.69, 9.17) is 4.74 Å². The van der Waals surface area contributed by atoms with Crippen LogP contribution in [0.2, 0.25) is 0 Å². The van der Waals surface area contributed by atoms with Gasteiger partial charge in [-0.15, -0.1) is 11.3 Å². The third-order valence-electron chi connectivity index (χ3n) is 11.6. The number of anilines is 1. The van der Waals surface area contributed by atoms with E-state index in [-0.39, 0.29) is 11.0 Å². The molecule has 6 heterocycles. The second-order valence-corrected chi connectivity index (χ2v) is 19.2. The summed E-state index contributed by atoms with van der Waals surface area (Å²) in [6, 6.07) is 11.6. The third-order valence-corrected chi connectivity index (χ3v) is 13.9. The maximum Gasteiger partial charge on any atom is 0.339 e. The van der Waals surface area contributed by atoms with E-state index in [0.29, 0.717) is 41.8 Å². The van der Waals surface area contributed by atoms with Gasteiger partial charge in [-0.25, -0.2) is 22.5 Å². The number of hydrogen-bond donors (Lipinski definition) is 2. The molecule has 1 aliphatic carbocycles. The number of carbonyl (C=O) groups is 1. The van der Waals surface area contributed by atoms with Gasteiger partial charge in [0.15, 0.2) is 0 Å². The molecular formula is C38H48N6O5S2. The van der Waals surface area contributed by atoms with E-state index in [1.165, 1.54) is 36.0 Å². The number of carboxylic acids is 1. The Morgan fingerprint density at radius 3 is 2.59 bits per heavy atom. The van der Waals surface area contributed by atoms with Crippen molar-refractivity contribution in [1.29, 1.82) is 0 Å². The van der Waals surface area contributed by atoms with Crippen LogP contribution in [0.25, 0.3) is 11.0 Å². The molecular weight excluding hydrogens is 685 g/mol. The number of ether oxygens (including phenoxy) is 1. The molecule has 0 bridgehead atoms. The van der Waals surface area contributed by atoms with Crippen molar-refractivity contribution in [3.63, 3.8) is 0 Å². The molecule has 8 rings (SSSR count). The number of likely N-dealkylation sites (tertiary alicyclic amines) is 1. The molecule has 2 unspecified atom stereocenters. The zero-order valence-corrected chi connectivity index (χ0v) is 31.3. The number of thiophene rings is 1. The number of benzene rings is 1. The van der Waals surface area contributed by atoms with Gasteiger partial charge in [0.25, 0.3) is 0 Å². The molecule has 1 aromatic carbocycles. The molecule has 0 radical (unpaired) electrons. The van der Waals surface area contributed by atoms with Gasteiger partial charge in [0, 0.05) is 99.1 Å². The van der Waals surface area contributed by atoms with Crippen LogP contribution < -0.4 is 9.64 Å². The van der Waals surface area contributed by atoms with Crippen LogP contribution in [-0.2, 0) is 16.6 Å². The number of rotatable bonds is 10. The zero-order valence-electron chi connectivity index (χ0n) is 29.7. The normalized spacial score (nSPS) is 24.0. The lowest BCUT2D eigenvalue weighted by molar-refractivity contribution is -0.0844. The number of sulfonamides is 1. The number of nitrogens with one attached hydrogen (secondary N) is 1. The number of aromatic nitrogens is 2. The van der Waals surface area contributed by atoms with Crippen molar-refractivity contribution in [2.24, 2.45) is 16.7 Å². The van der Waals surface area contributed by atoms with Crippen molar-refractivity contribution in [2.45, 2.75) is 45.6 Å². The highest BCUT2D eigenvalue weighted by atomic mass is 32.2. The molecule has 4 aliphatic rings. The average Bonchev–Trinajstić information content (AvgIpc) is 3.71. The Morgan fingerprint density at radius 2 is 1.84 bits per heavy atom. The molecule has 1 saturated carbocycles. The fraction of sp³-hybridized carbons (Fsp3) is 0.526. The number of piperazine rings is 1. The topological polar surface area (TPSA) is 122 Å². The Balaban J connectivity index is 0.884. The van der Waals surface area contributed by atoms with Crippen LogP contribution in [0.3, 0.4) is 0 Å². The molecule has 0 amide bonds. The Morgan fingerprint density at radius 1 is 1.06 bits per heavy atom. The fourth-order valence-corrected chi connectivity index (χ4v) is 11.0. The van der Waals surface area contributed by atoms with Gasteiger partial charge in [0.1, 0.15) is 22.7 Å². The molecule has 2 atom stereocenters. The highest BCUT2D eigenvalue weighted by Crippen LogP contribution is 2.49. The predicted octanol–water partition coefficient (Wildman–Crippen LogP) is 5.92. The van der Waals surface area contributed by atoms with Crippen LogP contribution in [0.15, 0.2) is 54.2 Å². The quantitative estimate of drug-likeness (QED) is 0.205. The first kappa shape index (κ1) is 34.6. The largest absolute Gasteiger partial charge is 0.478 e. The van der Waals surface area contributed by atoms with E-state index in [2.05, 4.69) is 50.0 Å². The molecule has 1 spiro atoms. The van der Waals surface area contributed by atoms with Gasteiger partial charge in [-0.1, -0.05) is 13.8 Å². The number of aromatic amines is 1. The van der Waals surface area contributed by atoms with Crippen LogP contribution >= 0.6 is 11.3 Å². The molecule has 51 heavy (non-hydrogen) atoms. The first-order valence-corrected chi connectivity index (χ1v) is 20.7. The van der Waals surface area contributed by atoms with Gasteiger partial charge in [0.2, 0.25) is 10.0 Å². The molecule has 3 aliphatic heterocycles. The second kappa shape index (κ2) is 13.2. The summed E-state index contributed by atoms with van der Waals surface area (Å²) in [4.78, 5) is 28.5. The van der Waals surface area contributed by atoms with Gasteiger partial charge < -0.3 is 19.7 Å². The van der Waals surface area contributed by atoms with Gasteiger partial charge in [-0.3, -0.25) is 9.80 Å². The molecule has 11 nitrogen and oxygen atoms in total. The number of fused-ring (bicyclic) bond motifs is 1. The Hall–Kier alpha value is -3.49. The van der Waals surface area contributed by atoms with Crippen molar-refractivity contribution in [3.8, 4) is 11.5 Å². The van der Waals surface area contributed by atoms with Crippen molar-refractivity contribution < 1.29 is 23.1 Å². The lowest BCUT2D eigenvalue weighted by atomic mass is 9.66. The Kier molecular flexibility index (Phi) is 8.93. The fourth-order valence-electron chi connectivity index (χ4n) is 8.86. The smallest absolute Gasteiger partial charge is 0.339 e. The van der Waals surface area contributed by atoms with E-state index in [0.717, 1.165) is 69.1 Å². The van der Waals surface area contributed by atoms with Crippen molar-refractivity contribution >= 4 is 44.1 Å². The lowest BCUT2D eigenvalue weighted by Gasteiger charge is -2.59. The van der Waals surface area contributed by atoms with E-state index < -0.39 is 16.0 Å². The maximum atomic E-state index is 12.1. The van der Waals surface area contributed by atoms with Gasteiger partial charge >= 0.3 is 5.97 Å². The van der Waals surface area contributed by atoms with E-state index in [1.807, 2.05) is 41.8 Å². The zero-order chi connectivity index (χ0) is 35.5. The molecule has 4 fully saturated rings. The highest BCUT2D eigenvalue weighted by Gasteiger charge is 2.54. The van der Waals surface area contributed by atoms with Crippen LogP contribution in [0, 0.1) is 16.7 Å². The number of nitrogens with zero attached hydrogens (tertiary/aromatic N) is 5. The summed E-state index contributed by atoms with van der Waals surface area (Å²) in [5.41, 5.74) is 3.73. The van der Waals surface area contributed by atoms with E-state index >= 15 is 0 Å². The molecule has 2 N–H and O–H groups in total. The van der Waals surface area contributed by atoms with Crippen LogP contribution in [0.4, 0.5) is 5.69 Å². The molecule has 3 aromatic heterocycles. The minimum atomic E-state index is -3.07. The lowest BCUT2D eigenvalue weighted by Crippen LogP contribution is -2.72. The summed E-state index contributed by atoms with van der Waals surface area (Å²) in [6.07, 6.45) is 8.42. The first-order chi connectivity index (χ1) is 24.3. The summed E-state index contributed by atoms with van der Waals surface area (Å²) in [5.74, 6) is 0.955. The van der Waals surface area contributed by atoms with E-state index in [9.17, 15) is 18.3 Å². The molecule has 3 saturated heterocycles. The number of H-pyrrole nitrogens is 1. The average molecular weight is 733 g/mol. The van der Waals surface area contributed by atoms with Gasteiger partial charge in [0.05, 0.1) is 12.5 Å². The number of carboxylic acid groups (broad SMARTS) is 1. The number of aromatic carboxylic acids is 1. The monoisotopic (exact) mass is 732 g/mol. The highest BCUT2D eigenvalue weighted by molar-refractivity contribution is 7.88. The third kappa shape index (κ3) is 7.28. The summed E-state index contributed by atoms with van der Waals surface area (Å²) < 4.78 is 31.4. The summed E-state index contributed by atoms with van der Waals surface area (Å²) in [7, 11) is -3.07. The van der Waals surface area contributed by atoms with Gasteiger partial charge in [-0.2, -0.15) is 0 Å². The van der Waals surface area contributed by atoms with E-state index in [1.54, 1.807) is 16.6 Å². The van der Waals surface area contributed by atoms with Crippen molar-refractivity contribution in [2.75, 3.05) is 70.1 Å². The molecule has 13 heteroatoms.